The Morgan fingerprint density at radius 1 is 0.806 bits per heavy atom. The second kappa shape index (κ2) is 8.96. The van der Waals surface area contributed by atoms with Gasteiger partial charge in [0.1, 0.15) is 28.7 Å². The van der Waals surface area contributed by atoms with Crippen LogP contribution in [-0.2, 0) is 0 Å². The Kier molecular flexibility index (Phi) is 5.56. The Morgan fingerprint density at radius 3 is 2.48 bits per heavy atom. The third-order valence-electron chi connectivity index (χ3n) is 5.15. The fourth-order valence-electron chi connectivity index (χ4n) is 3.62. The molecule has 2 heterocycles. The maximum absolute atomic E-state index is 6.08. The molecule has 0 atom stereocenters. The van der Waals surface area contributed by atoms with Crippen LogP contribution in [0.4, 0.5) is 0 Å². The first-order valence-corrected chi connectivity index (χ1v) is 10.6. The molecule has 1 aromatic heterocycles. The summed E-state index contributed by atoms with van der Waals surface area (Å²) in [6.07, 6.45) is 0.810. The van der Waals surface area contributed by atoms with E-state index in [0.717, 1.165) is 64.7 Å². The molecule has 0 aliphatic carbocycles. The van der Waals surface area contributed by atoms with Gasteiger partial charge in [0.2, 0.25) is 0 Å². The molecule has 0 saturated carbocycles. The van der Waals surface area contributed by atoms with Crippen molar-refractivity contribution in [2.75, 3.05) is 26.3 Å². The molecule has 4 aromatic rings. The lowest BCUT2D eigenvalue weighted by Crippen LogP contribution is -2.19. The van der Waals surface area contributed by atoms with Crippen LogP contribution >= 0.6 is 0 Å². The highest BCUT2D eigenvalue weighted by atomic mass is 16.5. The second-order valence-corrected chi connectivity index (χ2v) is 7.41. The van der Waals surface area contributed by atoms with Gasteiger partial charge in [-0.3, -0.25) is 4.99 Å². The zero-order chi connectivity index (χ0) is 20.9. The van der Waals surface area contributed by atoms with Crippen molar-refractivity contribution in [3.8, 4) is 22.8 Å². The number of fused-ring (bicyclic) bond motifs is 1. The summed E-state index contributed by atoms with van der Waals surface area (Å²) >= 11 is 0. The quantitative estimate of drug-likeness (QED) is 0.399. The minimum atomic E-state index is 0.592. The minimum absolute atomic E-state index is 0.592. The summed E-state index contributed by atoms with van der Waals surface area (Å²) in [4.78, 5) is 4.50. The molecular formula is C26H24N2O3. The molecule has 0 bridgehead atoms. The highest BCUT2D eigenvalue weighted by molar-refractivity contribution is 6.02. The van der Waals surface area contributed by atoms with Gasteiger partial charge >= 0.3 is 0 Å². The lowest BCUT2D eigenvalue weighted by Gasteiger charge is -2.08. The van der Waals surface area contributed by atoms with E-state index in [2.05, 4.69) is 22.4 Å². The van der Waals surface area contributed by atoms with Gasteiger partial charge in [0.15, 0.2) is 0 Å². The van der Waals surface area contributed by atoms with Gasteiger partial charge in [0.25, 0.3) is 0 Å². The van der Waals surface area contributed by atoms with Crippen LogP contribution in [0.3, 0.4) is 0 Å². The van der Waals surface area contributed by atoms with Crippen LogP contribution < -0.4 is 14.8 Å². The number of amidine groups is 1. The maximum atomic E-state index is 6.08. The predicted molar refractivity (Wildman–Crippen MR) is 123 cm³/mol. The molecule has 31 heavy (non-hydrogen) atoms. The number of nitrogens with zero attached hydrogens (tertiary/aromatic N) is 1. The highest BCUT2D eigenvalue weighted by Gasteiger charge is 2.12. The Hall–Kier alpha value is -3.73. The molecule has 1 N–H and O–H groups in total. The fourth-order valence-corrected chi connectivity index (χ4v) is 3.62. The first-order chi connectivity index (χ1) is 15.3. The van der Waals surface area contributed by atoms with E-state index in [4.69, 9.17) is 13.9 Å². The summed E-state index contributed by atoms with van der Waals surface area (Å²) in [5.74, 6) is 3.49. The number of furan rings is 1. The lowest BCUT2D eigenvalue weighted by atomic mass is 10.1. The summed E-state index contributed by atoms with van der Waals surface area (Å²) in [5.41, 5.74) is 2.95. The molecule has 156 valence electrons. The molecule has 0 spiro atoms. The van der Waals surface area contributed by atoms with Gasteiger partial charge in [-0.2, -0.15) is 0 Å². The molecule has 1 aliphatic rings. The van der Waals surface area contributed by atoms with E-state index in [9.17, 15) is 0 Å². The molecule has 0 fully saturated rings. The van der Waals surface area contributed by atoms with E-state index in [-0.39, 0.29) is 0 Å². The zero-order valence-electron chi connectivity index (χ0n) is 17.2. The molecule has 0 saturated heterocycles. The Balaban J connectivity index is 1.22. The standard InChI is InChI=1S/C26H24N2O3/c1-2-7-22(8-3-1)29-14-5-15-30-23-9-4-6-19(17-23)25-18-21-16-20(10-11-24(21)31-25)26-27-12-13-28-26/h1-4,6-11,16-18H,5,12-15H2,(H,27,28). The van der Waals surface area contributed by atoms with Crippen LogP contribution in [0.1, 0.15) is 12.0 Å². The molecule has 3 aromatic carbocycles. The van der Waals surface area contributed by atoms with E-state index < -0.39 is 0 Å². The summed E-state index contributed by atoms with van der Waals surface area (Å²) in [5, 5.41) is 4.38. The molecule has 0 unspecified atom stereocenters. The van der Waals surface area contributed by atoms with Crippen molar-refractivity contribution in [1.82, 2.24) is 5.32 Å². The summed E-state index contributed by atoms with van der Waals surface area (Å²) in [6.45, 7) is 2.94. The first-order valence-electron chi connectivity index (χ1n) is 10.6. The lowest BCUT2D eigenvalue weighted by molar-refractivity contribution is 0.247. The predicted octanol–water partition coefficient (Wildman–Crippen LogP) is 5.30. The third kappa shape index (κ3) is 4.56. The van der Waals surface area contributed by atoms with Crippen molar-refractivity contribution in [3.05, 3.63) is 84.4 Å². The van der Waals surface area contributed by atoms with Crippen molar-refractivity contribution < 1.29 is 13.9 Å². The van der Waals surface area contributed by atoms with E-state index in [1.165, 1.54) is 0 Å². The van der Waals surface area contributed by atoms with Crippen LogP contribution in [0.2, 0.25) is 0 Å². The van der Waals surface area contributed by atoms with E-state index in [1.807, 2.05) is 66.7 Å². The molecule has 0 amide bonds. The van der Waals surface area contributed by atoms with Crippen LogP contribution in [0.15, 0.2) is 88.3 Å². The van der Waals surface area contributed by atoms with Gasteiger partial charge in [-0.25, -0.2) is 0 Å². The summed E-state index contributed by atoms with van der Waals surface area (Å²) in [7, 11) is 0. The number of rotatable bonds is 8. The van der Waals surface area contributed by atoms with Gasteiger partial charge in [-0.1, -0.05) is 30.3 Å². The van der Waals surface area contributed by atoms with Gasteiger partial charge in [0, 0.05) is 29.5 Å². The largest absolute Gasteiger partial charge is 0.493 e. The second-order valence-electron chi connectivity index (χ2n) is 7.41. The summed E-state index contributed by atoms with van der Waals surface area (Å²) in [6, 6.07) is 26.1. The minimum Gasteiger partial charge on any atom is -0.493 e. The summed E-state index contributed by atoms with van der Waals surface area (Å²) < 4.78 is 17.7. The number of aliphatic imine (C=N–C) groups is 1. The first kappa shape index (κ1) is 19.2. The Morgan fingerprint density at radius 2 is 1.65 bits per heavy atom. The van der Waals surface area contributed by atoms with Crippen molar-refractivity contribution >= 4 is 16.8 Å². The average molecular weight is 412 g/mol. The zero-order valence-corrected chi connectivity index (χ0v) is 17.2. The molecule has 1 aliphatic heterocycles. The van der Waals surface area contributed by atoms with Crippen molar-refractivity contribution in [2.24, 2.45) is 4.99 Å². The van der Waals surface area contributed by atoms with Crippen molar-refractivity contribution in [2.45, 2.75) is 6.42 Å². The number of nitrogens with one attached hydrogen (secondary N) is 1. The Bertz CT molecular complexity index is 1200. The smallest absolute Gasteiger partial charge is 0.135 e. The number of hydrogen-bond donors (Lipinski definition) is 1. The van der Waals surface area contributed by atoms with Crippen LogP contribution in [-0.4, -0.2) is 32.1 Å². The van der Waals surface area contributed by atoms with Gasteiger partial charge in [0.05, 0.1) is 19.8 Å². The van der Waals surface area contributed by atoms with Gasteiger partial charge in [-0.05, 0) is 48.5 Å². The number of para-hydroxylation sites is 1. The van der Waals surface area contributed by atoms with Crippen molar-refractivity contribution in [1.29, 1.82) is 0 Å². The molecular weight excluding hydrogens is 388 g/mol. The van der Waals surface area contributed by atoms with Gasteiger partial charge < -0.3 is 19.2 Å². The topological polar surface area (TPSA) is 56.0 Å². The SMILES string of the molecule is c1ccc(OCCCOc2cccc(-c3cc4cc(C5=NCCN5)ccc4o3)c2)cc1. The molecule has 5 heteroatoms. The van der Waals surface area contributed by atoms with Gasteiger partial charge in [-0.15, -0.1) is 0 Å². The van der Waals surface area contributed by atoms with E-state index in [0.29, 0.717) is 13.2 Å². The third-order valence-corrected chi connectivity index (χ3v) is 5.15. The molecule has 0 radical (unpaired) electrons. The van der Waals surface area contributed by atoms with E-state index >= 15 is 0 Å². The van der Waals surface area contributed by atoms with Crippen LogP contribution in [0.5, 0.6) is 11.5 Å². The Labute approximate surface area is 181 Å². The van der Waals surface area contributed by atoms with Crippen LogP contribution in [0, 0.1) is 0 Å². The van der Waals surface area contributed by atoms with Crippen molar-refractivity contribution in [3.63, 3.8) is 0 Å². The normalized spacial score (nSPS) is 13.1. The van der Waals surface area contributed by atoms with Crippen LogP contribution in [0.25, 0.3) is 22.3 Å². The average Bonchev–Trinajstić information content (AvgIpc) is 3.49. The number of hydrogen-bond acceptors (Lipinski definition) is 5. The van der Waals surface area contributed by atoms with E-state index in [1.54, 1.807) is 0 Å². The maximum Gasteiger partial charge on any atom is 0.135 e. The monoisotopic (exact) mass is 412 g/mol. The number of benzene rings is 3. The molecule has 5 rings (SSSR count). The highest BCUT2D eigenvalue weighted by Crippen LogP contribution is 2.30. The fraction of sp³-hybridized carbons (Fsp3) is 0.192. The molecule has 5 nitrogen and oxygen atoms in total. The number of ether oxygens (including phenoxy) is 2.